The van der Waals surface area contributed by atoms with E-state index >= 15 is 0 Å². The number of hydrogen-bond donors (Lipinski definition) is 1. The summed E-state index contributed by atoms with van der Waals surface area (Å²) in [7, 11) is 0. The predicted molar refractivity (Wildman–Crippen MR) is 105 cm³/mol. The van der Waals surface area contributed by atoms with Crippen LogP contribution in [-0.2, 0) is 0 Å². The number of benzene rings is 1. The van der Waals surface area contributed by atoms with Gasteiger partial charge in [0.1, 0.15) is 17.3 Å². The van der Waals surface area contributed by atoms with Crippen molar-refractivity contribution in [3.63, 3.8) is 0 Å². The van der Waals surface area contributed by atoms with E-state index in [1.54, 1.807) is 13.8 Å². The lowest BCUT2D eigenvalue weighted by atomic mass is 10.1. The van der Waals surface area contributed by atoms with Crippen molar-refractivity contribution >= 4 is 48.9 Å². The molecular weight excluding hydrogens is 486 g/mol. The minimum Gasteiger partial charge on any atom is -0.493 e. The number of aromatic hydroxyl groups is 1. The highest BCUT2D eigenvalue weighted by molar-refractivity contribution is 9.11. The summed E-state index contributed by atoms with van der Waals surface area (Å²) in [5, 5.41) is 38.4. The number of rotatable bonds is 4. The molecule has 2 rings (SSSR count). The molecule has 0 aliphatic heterocycles. The Morgan fingerprint density at radius 2 is 1.78 bits per heavy atom. The van der Waals surface area contributed by atoms with Crippen LogP contribution in [0.5, 0.6) is 5.88 Å². The van der Waals surface area contributed by atoms with Crippen LogP contribution < -0.4 is 5.56 Å². The third-order valence-corrected chi connectivity index (χ3v) is 4.90. The molecule has 140 valence electrons. The van der Waals surface area contributed by atoms with E-state index in [0.717, 1.165) is 4.57 Å². The Morgan fingerprint density at radius 1 is 1.26 bits per heavy atom. The van der Waals surface area contributed by atoms with Gasteiger partial charge in [-0.15, -0.1) is 10.2 Å². The lowest BCUT2D eigenvalue weighted by molar-refractivity contribution is -0.385. The van der Waals surface area contributed by atoms with E-state index in [0.29, 0.717) is 8.95 Å². The van der Waals surface area contributed by atoms with Gasteiger partial charge in [0.15, 0.2) is 5.69 Å². The van der Waals surface area contributed by atoms with Gasteiger partial charge in [-0.2, -0.15) is 5.26 Å². The number of nitro benzene ring substituents is 1. The first-order chi connectivity index (χ1) is 12.6. The molecule has 0 saturated heterocycles. The first-order valence-corrected chi connectivity index (χ1v) is 9.12. The smallest absolute Gasteiger partial charge is 0.281 e. The van der Waals surface area contributed by atoms with Crippen LogP contribution in [0.25, 0.3) is 0 Å². The standard InChI is InChI=1S/C16H13Br2N5O4/c1-7(2)22-15(24)10(6-19)8(3)13(16(22)25)20-21-14-11(17)4-9(23(26)27)5-12(14)18/h4-5,7,24H,1-3H3. The zero-order valence-electron chi connectivity index (χ0n) is 14.4. The Morgan fingerprint density at radius 3 is 2.22 bits per heavy atom. The molecule has 27 heavy (non-hydrogen) atoms. The van der Waals surface area contributed by atoms with E-state index in [9.17, 15) is 25.3 Å². The van der Waals surface area contributed by atoms with Crippen molar-refractivity contribution in [2.75, 3.05) is 0 Å². The minimum absolute atomic E-state index is 0.0703. The average Bonchev–Trinajstić information content (AvgIpc) is 2.56. The van der Waals surface area contributed by atoms with Gasteiger partial charge in [0, 0.05) is 23.7 Å². The maximum absolute atomic E-state index is 12.7. The van der Waals surface area contributed by atoms with Crippen molar-refractivity contribution in [1.82, 2.24) is 4.57 Å². The quantitative estimate of drug-likeness (QED) is 0.352. The third kappa shape index (κ3) is 3.91. The Balaban J connectivity index is 2.69. The zero-order chi connectivity index (χ0) is 20.5. The number of aromatic nitrogens is 1. The van der Waals surface area contributed by atoms with Crippen molar-refractivity contribution in [1.29, 1.82) is 5.26 Å². The number of halogens is 2. The van der Waals surface area contributed by atoms with Gasteiger partial charge in [0.2, 0.25) is 5.88 Å². The second kappa shape index (κ2) is 7.98. The summed E-state index contributed by atoms with van der Waals surface area (Å²) in [6, 6.07) is 3.98. The molecule has 0 fully saturated rings. The van der Waals surface area contributed by atoms with E-state index < -0.39 is 22.4 Å². The monoisotopic (exact) mass is 497 g/mol. The molecule has 1 aromatic carbocycles. The molecule has 1 aromatic heterocycles. The fourth-order valence-corrected chi connectivity index (χ4v) is 3.68. The summed E-state index contributed by atoms with van der Waals surface area (Å²) in [4.78, 5) is 23.0. The second-order valence-corrected chi connectivity index (χ2v) is 7.48. The molecule has 0 atom stereocenters. The van der Waals surface area contributed by atoms with Crippen molar-refractivity contribution in [2.24, 2.45) is 10.2 Å². The molecule has 0 aliphatic rings. The first-order valence-electron chi connectivity index (χ1n) is 7.53. The summed E-state index contributed by atoms with van der Waals surface area (Å²) >= 11 is 6.38. The van der Waals surface area contributed by atoms with E-state index in [-0.39, 0.29) is 28.2 Å². The molecule has 1 heterocycles. The number of non-ortho nitro benzene ring substituents is 1. The molecule has 2 aromatic rings. The number of azo groups is 1. The van der Waals surface area contributed by atoms with Crippen molar-refractivity contribution in [3.05, 3.63) is 52.7 Å². The number of hydrogen-bond acceptors (Lipinski definition) is 7. The highest BCUT2D eigenvalue weighted by atomic mass is 79.9. The third-order valence-electron chi connectivity index (χ3n) is 3.69. The summed E-state index contributed by atoms with van der Waals surface area (Å²) in [6.07, 6.45) is 0. The van der Waals surface area contributed by atoms with Crippen LogP contribution in [0.1, 0.15) is 31.0 Å². The molecule has 9 nitrogen and oxygen atoms in total. The van der Waals surface area contributed by atoms with Gasteiger partial charge in [-0.25, -0.2) is 0 Å². The van der Waals surface area contributed by atoms with Crippen LogP contribution in [0.15, 0.2) is 36.1 Å². The summed E-state index contributed by atoms with van der Waals surface area (Å²) < 4.78 is 1.65. The van der Waals surface area contributed by atoms with E-state index in [2.05, 4.69) is 42.1 Å². The zero-order valence-corrected chi connectivity index (χ0v) is 17.6. The van der Waals surface area contributed by atoms with Crippen LogP contribution in [0, 0.1) is 28.4 Å². The molecule has 0 radical (unpaired) electrons. The Labute approximate surface area is 170 Å². The van der Waals surface area contributed by atoms with Crippen molar-refractivity contribution in [2.45, 2.75) is 26.8 Å². The van der Waals surface area contributed by atoms with Gasteiger partial charge in [-0.1, -0.05) is 0 Å². The molecule has 11 heteroatoms. The van der Waals surface area contributed by atoms with Crippen LogP contribution in [-0.4, -0.2) is 14.6 Å². The van der Waals surface area contributed by atoms with Crippen LogP contribution in [0.3, 0.4) is 0 Å². The van der Waals surface area contributed by atoms with E-state index in [1.165, 1.54) is 19.1 Å². The predicted octanol–water partition coefficient (Wildman–Crippen LogP) is 5.16. The second-order valence-electron chi connectivity index (χ2n) is 5.77. The Hall–Kier alpha value is -2.58. The molecule has 1 N–H and O–H groups in total. The summed E-state index contributed by atoms with van der Waals surface area (Å²) in [5.74, 6) is -0.424. The highest BCUT2D eigenvalue weighted by Crippen LogP contribution is 2.38. The lowest BCUT2D eigenvalue weighted by Gasteiger charge is -2.15. The van der Waals surface area contributed by atoms with Gasteiger partial charge >= 0.3 is 0 Å². The SMILES string of the molecule is Cc1c(C#N)c(O)n(C(C)C)c(=O)c1N=Nc1c(Br)cc([N+](=O)[O-])cc1Br. The molecule has 0 unspecified atom stereocenters. The average molecular weight is 499 g/mol. The topological polar surface area (TPSA) is 134 Å². The molecule has 0 amide bonds. The minimum atomic E-state index is -0.600. The molecular formula is C16H13Br2N5O4. The summed E-state index contributed by atoms with van der Waals surface area (Å²) in [5.41, 5.74) is -0.495. The summed E-state index contributed by atoms with van der Waals surface area (Å²) in [6.45, 7) is 4.85. The fraction of sp³-hybridized carbons (Fsp3) is 0.250. The van der Waals surface area contributed by atoms with Crippen LogP contribution >= 0.6 is 31.9 Å². The van der Waals surface area contributed by atoms with Gasteiger partial charge in [0.05, 0.1) is 13.9 Å². The van der Waals surface area contributed by atoms with Crippen LogP contribution in [0.2, 0.25) is 0 Å². The number of nitrogens with zero attached hydrogens (tertiary/aromatic N) is 5. The number of nitriles is 1. The number of nitro groups is 1. The lowest BCUT2D eigenvalue weighted by Crippen LogP contribution is -2.23. The maximum Gasteiger partial charge on any atom is 0.281 e. The van der Waals surface area contributed by atoms with Crippen molar-refractivity contribution < 1.29 is 10.0 Å². The van der Waals surface area contributed by atoms with Gasteiger partial charge in [-0.3, -0.25) is 19.5 Å². The maximum atomic E-state index is 12.7. The van der Waals surface area contributed by atoms with Gasteiger partial charge < -0.3 is 5.11 Å². The molecule has 0 aliphatic carbocycles. The fourth-order valence-electron chi connectivity index (χ4n) is 2.36. The Bertz CT molecular complexity index is 1050. The van der Waals surface area contributed by atoms with E-state index in [4.69, 9.17) is 0 Å². The van der Waals surface area contributed by atoms with Gasteiger partial charge in [-0.05, 0) is 52.6 Å². The normalized spacial score (nSPS) is 11.1. The number of pyridine rings is 1. The Kier molecular flexibility index (Phi) is 6.12. The molecule has 0 bridgehead atoms. The van der Waals surface area contributed by atoms with Crippen molar-refractivity contribution in [3.8, 4) is 11.9 Å². The van der Waals surface area contributed by atoms with E-state index in [1.807, 2.05) is 6.07 Å². The molecule has 0 spiro atoms. The molecule has 0 saturated carbocycles. The van der Waals surface area contributed by atoms with Crippen LogP contribution in [0.4, 0.5) is 17.1 Å². The largest absolute Gasteiger partial charge is 0.493 e. The highest BCUT2D eigenvalue weighted by Gasteiger charge is 2.21. The van der Waals surface area contributed by atoms with Gasteiger partial charge in [0.25, 0.3) is 11.2 Å². The first kappa shape index (κ1) is 20.7.